The summed E-state index contributed by atoms with van der Waals surface area (Å²) in [6.07, 6.45) is 0.974. The van der Waals surface area contributed by atoms with Crippen LogP contribution in [0.2, 0.25) is 0 Å². The van der Waals surface area contributed by atoms with Gasteiger partial charge in [-0.25, -0.2) is 0 Å². The van der Waals surface area contributed by atoms with Crippen LogP contribution in [-0.2, 0) is 13.0 Å². The minimum absolute atomic E-state index is 0.0310. The first-order valence-electron chi connectivity index (χ1n) is 7.50. The van der Waals surface area contributed by atoms with Crippen molar-refractivity contribution in [1.82, 2.24) is 4.90 Å². The zero-order valence-electron chi connectivity index (χ0n) is 13.6. The molecule has 5 heteroatoms. The maximum absolute atomic E-state index is 12.5. The molecule has 0 aliphatic heterocycles. The molecule has 0 saturated carbocycles. The van der Waals surface area contributed by atoms with E-state index in [1.165, 1.54) is 11.6 Å². The van der Waals surface area contributed by atoms with E-state index < -0.39 is 4.92 Å². The van der Waals surface area contributed by atoms with E-state index in [1.807, 2.05) is 24.3 Å². The molecular weight excluding hydrogens is 292 g/mol. The summed E-state index contributed by atoms with van der Waals surface area (Å²) >= 11 is 0. The number of hydrogen-bond donors (Lipinski definition) is 0. The number of benzene rings is 2. The predicted octanol–water partition coefficient (Wildman–Crippen LogP) is 3.74. The van der Waals surface area contributed by atoms with Crippen molar-refractivity contribution in [1.29, 1.82) is 0 Å². The Kier molecular flexibility index (Phi) is 5.11. The van der Waals surface area contributed by atoms with Gasteiger partial charge in [-0.15, -0.1) is 0 Å². The van der Waals surface area contributed by atoms with Gasteiger partial charge in [-0.05, 0) is 30.5 Å². The predicted molar refractivity (Wildman–Crippen MR) is 89.5 cm³/mol. The van der Waals surface area contributed by atoms with Crippen molar-refractivity contribution in [2.24, 2.45) is 0 Å². The molecule has 0 N–H and O–H groups in total. The van der Waals surface area contributed by atoms with E-state index in [4.69, 9.17) is 0 Å². The molecule has 0 radical (unpaired) electrons. The molecule has 0 spiro atoms. The van der Waals surface area contributed by atoms with Crippen molar-refractivity contribution in [3.8, 4) is 0 Å². The Hall–Kier alpha value is -2.69. The van der Waals surface area contributed by atoms with Crippen LogP contribution in [-0.4, -0.2) is 22.8 Å². The van der Waals surface area contributed by atoms with E-state index in [-0.39, 0.29) is 11.6 Å². The summed E-state index contributed by atoms with van der Waals surface area (Å²) in [5.74, 6) is -0.229. The average molecular weight is 312 g/mol. The van der Waals surface area contributed by atoms with Gasteiger partial charge in [0.15, 0.2) is 0 Å². The number of amides is 1. The first kappa shape index (κ1) is 16.7. The summed E-state index contributed by atoms with van der Waals surface area (Å²) in [4.78, 5) is 24.6. The van der Waals surface area contributed by atoms with Gasteiger partial charge in [-0.3, -0.25) is 14.9 Å². The Labute approximate surface area is 135 Å². The van der Waals surface area contributed by atoms with E-state index in [1.54, 1.807) is 31.0 Å². The minimum Gasteiger partial charge on any atom is -0.337 e. The van der Waals surface area contributed by atoms with Gasteiger partial charge < -0.3 is 4.90 Å². The molecule has 0 heterocycles. The zero-order valence-corrected chi connectivity index (χ0v) is 13.6. The van der Waals surface area contributed by atoms with Crippen LogP contribution in [0, 0.1) is 17.0 Å². The highest BCUT2D eigenvalue weighted by molar-refractivity contribution is 5.94. The zero-order chi connectivity index (χ0) is 17.0. The van der Waals surface area contributed by atoms with Gasteiger partial charge in [0.05, 0.1) is 4.92 Å². The number of nitrogens with zero attached hydrogens (tertiary/aromatic N) is 2. The van der Waals surface area contributed by atoms with Crippen LogP contribution in [0.5, 0.6) is 0 Å². The largest absolute Gasteiger partial charge is 0.337 e. The van der Waals surface area contributed by atoms with Gasteiger partial charge >= 0.3 is 0 Å². The second-order valence-corrected chi connectivity index (χ2v) is 5.59. The number of rotatable bonds is 5. The van der Waals surface area contributed by atoms with Crippen LogP contribution < -0.4 is 0 Å². The molecule has 2 aromatic carbocycles. The topological polar surface area (TPSA) is 63.5 Å². The van der Waals surface area contributed by atoms with E-state index in [0.717, 1.165) is 12.0 Å². The van der Waals surface area contributed by atoms with E-state index in [9.17, 15) is 14.9 Å². The summed E-state index contributed by atoms with van der Waals surface area (Å²) < 4.78 is 0. The molecule has 1 amide bonds. The highest BCUT2D eigenvalue weighted by atomic mass is 16.6. The smallest absolute Gasteiger partial charge is 0.273 e. The maximum Gasteiger partial charge on any atom is 0.273 e. The number of nitro benzene ring substituents is 1. The fraction of sp³-hybridized carbons (Fsp3) is 0.278. The van der Waals surface area contributed by atoms with Crippen molar-refractivity contribution < 1.29 is 9.72 Å². The quantitative estimate of drug-likeness (QED) is 0.624. The van der Waals surface area contributed by atoms with E-state index in [0.29, 0.717) is 17.7 Å². The molecule has 5 nitrogen and oxygen atoms in total. The lowest BCUT2D eigenvalue weighted by molar-refractivity contribution is -0.385. The maximum atomic E-state index is 12.5. The molecule has 0 aliphatic rings. The summed E-state index contributed by atoms with van der Waals surface area (Å²) in [6.45, 7) is 4.21. The summed E-state index contributed by atoms with van der Waals surface area (Å²) in [7, 11) is 1.70. The third-order valence-electron chi connectivity index (χ3n) is 3.85. The number of carbonyl (C=O) groups is 1. The Morgan fingerprint density at radius 3 is 2.30 bits per heavy atom. The minimum atomic E-state index is -0.463. The number of aryl methyl sites for hydroxylation is 2. The lowest BCUT2D eigenvalue weighted by atomic mass is 10.1. The molecule has 2 rings (SSSR count). The van der Waals surface area contributed by atoms with Gasteiger partial charge in [0.2, 0.25) is 0 Å². The van der Waals surface area contributed by atoms with Gasteiger partial charge in [-0.1, -0.05) is 37.3 Å². The summed E-state index contributed by atoms with van der Waals surface area (Å²) in [6, 6.07) is 12.7. The van der Waals surface area contributed by atoms with Crippen molar-refractivity contribution in [2.45, 2.75) is 26.8 Å². The van der Waals surface area contributed by atoms with Gasteiger partial charge in [0.1, 0.15) is 0 Å². The molecule has 0 aliphatic carbocycles. The summed E-state index contributed by atoms with van der Waals surface area (Å²) in [5, 5.41) is 11.0. The molecule has 23 heavy (non-hydrogen) atoms. The molecule has 0 fully saturated rings. The van der Waals surface area contributed by atoms with Gasteiger partial charge in [0, 0.05) is 30.8 Å². The third-order valence-corrected chi connectivity index (χ3v) is 3.85. The molecule has 0 aromatic heterocycles. The van der Waals surface area contributed by atoms with Gasteiger partial charge in [0.25, 0.3) is 11.6 Å². The first-order chi connectivity index (χ1) is 10.9. The van der Waals surface area contributed by atoms with Crippen LogP contribution in [0.3, 0.4) is 0 Å². The average Bonchev–Trinajstić information content (AvgIpc) is 2.55. The normalized spacial score (nSPS) is 10.4. The molecule has 0 unspecified atom stereocenters. The van der Waals surface area contributed by atoms with Crippen LogP contribution in [0.25, 0.3) is 0 Å². The van der Waals surface area contributed by atoms with Crippen LogP contribution in [0.1, 0.15) is 34.0 Å². The molecule has 2 aromatic rings. The Morgan fingerprint density at radius 1 is 1.13 bits per heavy atom. The number of nitro groups is 1. The first-order valence-corrected chi connectivity index (χ1v) is 7.50. The van der Waals surface area contributed by atoms with Crippen LogP contribution in [0.15, 0.2) is 42.5 Å². The van der Waals surface area contributed by atoms with Gasteiger partial charge in [-0.2, -0.15) is 0 Å². The fourth-order valence-corrected chi connectivity index (χ4v) is 2.39. The molecule has 0 bridgehead atoms. The highest BCUT2D eigenvalue weighted by Crippen LogP contribution is 2.20. The second-order valence-electron chi connectivity index (χ2n) is 5.59. The molecule has 120 valence electrons. The monoisotopic (exact) mass is 312 g/mol. The summed E-state index contributed by atoms with van der Waals surface area (Å²) in [5.41, 5.74) is 3.12. The SMILES string of the molecule is CCc1ccc(CN(C)C(=O)c2ccc(C)c([N+](=O)[O-])c2)cc1. The standard InChI is InChI=1S/C18H20N2O3/c1-4-14-6-8-15(9-7-14)12-19(3)18(21)16-10-5-13(2)17(11-16)20(22)23/h5-11H,4,12H2,1-3H3. The van der Waals surface area contributed by atoms with Crippen LogP contribution >= 0.6 is 0 Å². The Morgan fingerprint density at radius 2 is 1.74 bits per heavy atom. The lowest BCUT2D eigenvalue weighted by Gasteiger charge is -2.17. The Balaban J connectivity index is 2.15. The number of hydrogen-bond acceptors (Lipinski definition) is 3. The highest BCUT2D eigenvalue weighted by Gasteiger charge is 2.17. The number of carbonyl (C=O) groups excluding carboxylic acids is 1. The van der Waals surface area contributed by atoms with E-state index in [2.05, 4.69) is 6.92 Å². The second kappa shape index (κ2) is 7.05. The Bertz CT molecular complexity index is 724. The fourth-order valence-electron chi connectivity index (χ4n) is 2.39. The molecule has 0 saturated heterocycles. The van der Waals surface area contributed by atoms with Crippen molar-refractivity contribution >= 4 is 11.6 Å². The van der Waals surface area contributed by atoms with Crippen molar-refractivity contribution in [3.05, 3.63) is 74.8 Å². The van der Waals surface area contributed by atoms with Crippen LogP contribution in [0.4, 0.5) is 5.69 Å². The van der Waals surface area contributed by atoms with Crippen molar-refractivity contribution in [3.63, 3.8) is 0 Å². The van der Waals surface area contributed by atoms with E-state index >= 15 is 0 Å². The van der Waals surface area contributed by atoms with Crippen molar-refractivity contribution in [2.75, 3.05) is 7.05 Å². The molecule has 0 atom stereocenters. The molecular formula is C18H20N2O3. The third kappa shape index (κ3) is 3.94. The lowest BCUT2D eigenvalue weighted by Crippen LogP contribution is -2.26.